The molecular formula is C10H18N2O4. The van der Waals surface area contributed by atoms with Crippen molar-refractivity contribution < 1.29 is 19.5 Å². The van der Waals surface area contributed by atoms with E-state index in [2.05, 4.69) is 0 Å². The van der Waals surface area contributed by atoms with Crippen LogP contribution in [0, 0.1) is 5.41 Å². The Kier molecular flexibility index (Phi) is 3.74. The molecule has 0 unspecified atom stereocenters. The van der Waals surface area contributed by atoms with E-state index in [-0.39, 0.29) is 5.91 Å². The predicted molar refractivity (Wildman–Crippen MR) is 56.7 cm³/mol. The summed E-state index contributed by atoms with van der Waals surface area (Å²) >= 11 is 0. The molecule has 92 valence electrons. The molecular weight excluding hydrogens is 212 g/mol. The quantitative estimate of drug-likeness (QED) is 0.712. The number of carboxylic acid groups (broad SMARTS) is 1. The van der Waals surface area contributed by atoms with Crippen LogP contribution in [0.1, 0.15) is 19.8 Å². The van der Waals surface area contributed by atoms with E-state index in [1.807, 2.05) is 6.92 Å². The lowest BCUT2D eigenvalue weighted by atomic mass is 9.79. The number of carbonyl (C=O) groups excluding carboxylic acids is 1. The number of piperidine rings is 1. The van der Waals surface area contributed by atoms with Crippen LogP contribution in [0.2, 0.25) is 0 Å². The minimum absolute atomic E-state index is 0.0972. The van der Waals surface area contributed by atoms with E-state index in [0.717, 1.165) is 0 Å². The maximum absolute atomic E-state index is 12.0. The second-order valence-electron chi connectivity index (χ2n) is 4.32. The van der Waals surface area contributed by atoms with E-state index in [4.69, 9.17) is 9.94 Å². The van der Waals surface area contributed by atoms with Crippen molar-refractivity contribution in [2.45, 2.75) is 19.8 Å². The van der Waals surface area contributed by atoms with Gasteiger partial charge < -0.3 is 10.0 Å². The molecule has 1 aliphatic rings. The molecule has 16 heavy (non-hydrogen) atoms. The fourth-order valence-corrected chi connectivity index (χ4v) is 1.87. The fraction of sp³-hybridized carbons (Fsp3) is 0.800. The van der Waals surface area contributed by atoms with Crippen LogP contribution < -0.4 is 0 Å². The van der Waals surface area contributed by atoms with Crippen LogP contribution >= 0.6 is 0 Å². The van der Waals surface area contributed by atoms with Crippen molar-refractivity contribution in [3.8, 4) is 0 Å². The molecule has 0 radical (unpaired) electrons. The molecule has 1 aliphatic heterocycles. The molecule has 0 aliphatic carbocycles. The standard InChI is InChI=1S/C10H18N2O4/c1-10(8(13)11(2)16-3)4-6-12(7-5-10)9(14)15/h4-7H2,1-3H3,(H,14,15). The summed E-state index contributed by atoms with van der Waals surface area (Å²) in [5.74, 6) is -0.0972. The number of hydrogen-bond donors (Lipinski definition) is 1. The number of rotatable bonds is 2. The van der Waals surface area contributed by atoms with Crippen molar-refractivity contribution in [3.63, 3.8) is 0 Å². The first kappa shape index (κ1) is 12.8. The summed E-state index contributed by atoms with van der Waals surface area (Å²) in [6.07, 6.45) is 0.145. The van der Waals surface area contributed by atoms with Gasteiger partial charge in [0, 0.05) is 20.1 Å². The van der Waals surface area contributed by atoms with Gasteiger partial charge in [-0.3, -0.25) is 9.63 Å². The lowest BCUT2D eigenvalue weighted by Gasteiger charge is -2.38. The predicted octanol–water partition coefficient (Wildman–Crippen LogP) is 0.786. The van der Waals surface area contributed by atoms with Gasteiger partial charge in [-0.2, -0.15) is 0 Å². The minimum Gasteiger partial charge on any atom is -0.465 e. The van der Waals surface area contributed by atoms with Crippen LogP contribution in [0.5, 0.6) is 0 Å². The van der Waals surface area contributed by atoms with Crippen molar-refractivity contribution in [1.82, 2.24) is 9.96 Å². The third kappa shape index (κ3) is 2.44. The lowest BCUT2D eigenvalue weighted by Crippen LogP contribution is -2.48. The largest absolute Gasteiger partial charge is 0.465 e. The summed E-state index contributed by atoms with van der Waals surface area (Å²) in [7, 11) is 3.00. The highest BCUT2D eigenvalue weighted by Crippen LogP contribution is 2.32. The monoisotopic (exact) mass is 230 g/mol. The minimum atomic E-state index is -0.922. The Balaban J connectivity index is 2.62. The average Bonchev–Trinajstić information content (AvgIpc) is 2.27. The van der Waals surface area contributed by atoms with Crippen molar-refractivity contribution >= 4 is 12.0 Å². The van der Waals surface area contributed by atoms with Crippen LogP contribution in [0.25, 0.3) is 0 Å². The maximum Gasteiger partial charge on any atom is 0.407 e. The van der Waals surface area contributed by atoms with Crippen molar-refractivity contribution in [1.29, 1.82) is 0 Å². The average molecular weight is 230 g/mol. The zero-order valence-corrected chi connectivity index (χ0v) is 9.89. The molecule has 0 saturated carbocycles. The topological polar surface area (TPSA) is 70.1 Å². The maximum atomic E-state index is 12.0. The van der Waals surface area contributed by atoms with Gasteiger partial charge in [0.25, 0.3) is 5.91 Å². The fourth-order valence-electron chi connectivity index (χ4n) is 1.87. The highest BCUT2D eigenvalue weighted by molar-refractivity contribution is 5.81. The summed E-state index contributed by atoms with van der Waals surface area (Å²) in [4.78, 5) is 28.9. The number of hydroxylamine groups is 2. The number of nitrogens with zero attached hydrogens (tertiary/aromatic N) is 2. The van der Waals surface area contributed by atoms with E-state index in [0.29, 0.717) is 25.9 Å². The van der Waals surface area contributed by atoms with Crippen LogP contribution in [-0.2, 0) is 9.63 Å². The summed E-state index contributed by atoms with van der Waals surface area (Å²) < 4.78 is 0. The molecule has 0 bridgehead atoms. The molecule has 1 N–H and O–H groups in total. The molecule has 0 spiro atoms. The van der Waals surface area contributed by atoms with Gasteiger partial charge in [0.05, 0.1) is 12.5 Å². The van der Waals surface area contributed by atoms with Crippen LogP contribution in [-0.4, -0.2) is 54.3 Å². The molecule has 0 atom stereocenters. The molecule has 0 aromatic carbocycles. The summed E-state index contributed by atoms with van der Waals surface area (Å²) in [5, 5.41) is 10.0. The van der Waals surface area contributed by atoms with Crippen LogP contribution in [0.4, 0.5) is 4.79 Å². The number of carbonyl (C=O) groups is 2. The van der Waals surface area contributed by atoms with Crippen molar-refractivity contribution in [3.05, 3.63) is 0 Å². The van der Waals surface area contributed by atoms with E-state index < -0.39 is 11.5 Å². The van der Waals surface area contributed by atoms with Gasteiger partial charge in [0.15, 0.2) is 0 Å². The molecule has 1 rings (SSSR count). The summed E-state index contributed by atoms with van der Waals surface area (Å²) in [6, 6.07) is 0. The Bertz CT molecular complexity index is 285. The van der Waals surface area contributed by atoms with Gasteiger partial charge in [-0.25, -0.2) is 9.86 Å². The number of hydrogen-bond acceptors (Lipinski definition) is 3. The molecule has 1 saturated heterocycles. The molecule has 1 heterocycles. The highest BCUT2D eigenvalue weighted by atomic mass is 16.7. The SMILES string of the molecule is CON(C)C(=O)C1(C)CCN(C(=O)O)CC1. The normalized spacial score (nSPS) is 19.3. The van der Waals surface area contributed by atoms with Gasteiger partial charge in [0.1, 0.15) is 0 Å². The zero-order chi connectivity index (χ0) is 12.3. The summed E-state index contributed by atoms with van der Waals surface area (Å²) in [5.41, 5.74) is -0.517. The van der Waals surface area contributed by atoms with Gasteiger partial charge in [-0.15, -0.1) is 0 Å². The Morgan fingerprint density at radius 3 is 2.25 bits per heavy atom. The highest BCUT2D eigenvalue weighted by Gasteiger charge is 2.39. The van der Waals surface area contributed by atoms with Crippen LogP contribution in [0.15, 0.2) is 0 Å². The second kappa shape index (κ2) is 4.69. The molecule has 0 aromatic heterocycles. The third-order valence-electron chi connectivity index (χ3n) is 3.21. The van der Waals surface area contributed by atoms with Gasteiger partial charge in [-0.05, 0) is 12.8 Å². The van der Waals surface area contributed by atoms with Crippen LogP contribution in [0.3, 0.4) is 0 Å². The molecule has 6 nitrogen and oxygen atoms in total. The number of amides is 2. The van der Waals surface area contributed by atoms with E-state index in [1.165, 1.54) is 17.1 Å². The molecule has 2 amide bonds. The van der Waals surface area contributed by atoms with E-state index >= 15 is 0 Å². The van der Waals surface area contributed by atoms with E-state index in [9.17, 15) is 9.59 Å². The first-order chi connectivity index (χ1) is 7.40. The lowest BCUT2D eigenvalue weighted by molar-refractivity contribution is -0.181. The zero-order valence-electron chi connectivity index (χ0n) is 9.89. The smallest absolute Gasteiger partial charge is 0.407 e. The van der Waals surface area contributed by atoms with Gasteiger partial charge >= 0.3 is 6.09 Å². The second-order valence-corrected chi connectivity index (χ2v) is 4.32. The van der Waals surface area contributed by atoms with Crippen molar-refractivity contribution in [2.75, 3.05) is 27.2 Å². The van der Waals surface area contributed by atoms with Gasteiger partial charge in [-0.1, -0.05) is 6.92 Å². The molecule has 6 heteroatoms. The summed E-state index contributed by atoms with van der Waals surface area (Å²) in [6.45, 7) is 2.65. The Morgan fingerprint density at radius 2 is 1.88 bits per heavy atom. The van der Waals surface area contributed by atoms with Gasteiger partial charge in [0.2, 0.25) is 0 Å². The Hall–Kier alpha value is -1.30. The first-order valence-electron chi connectivity index (χ1n) is 5.21. The third-order valence-corrected chi connectivity index (χ3v) is 3.21. The Morgan fingerprint density at radius 1 is 1.38 bits per heavy atom. The first-order valence-corrected chi connectivity index (χ1v) is 5.21. The number of likely N-dealkylation sites (tertiary alicyclic amines) is 1. The van der Waals surface area contributed by atoms with E-state index in [1.54, 1.807) is 7.05 Å². The molecule has 1 fully saturated rings. The Labute approximate surface area is 94.7 Å². The molecule has 0 aromatic rings. The van der Waals surface area contributed by atoms with Crippen molar-refractivity contribution in [2.24, 2.45) is 5.41 Å².